The van der Waals surface area contributed by atoms with Crippen molar-refractivity contribution >= 4 is 32.9 Å². The minimum atomic E-state index is -3.64. The maximum absolute atomic E-state index is 13.0. The molecule has 0 radical (unpaired) electrons. The Morgan fingerprint density at radius 1 is 1.38 bits per heavy atom. The second kappa shape index (κ2) is 8.31. The van der Waals surface area contributed by atoms with E-state index in [1.165, 1.54) is 30.1 Å². The monoisotopic (exact) mass is 443 g/mol. The molecular weight excluding hydrogens is 422 g/mol. The lowest BCUT2D eigenvalue weighted by Gasteiger charge is -2.35. The summed E-state index contributed by atoms with van der Waals surface area (Å²) in [5.41, 5.74) is -0.276. The number of H-pyrrole nitrogens is 1. The fraction of sp³-hybridized carbons (Fsp3) is 0.444. The smallest absolute Gasteiger partial charge is 0.277 e. The highest BCUT2D eigenvalue weighted by atomic mass is 35.5. The zero-order chi connectivity index (χ0) is 21.3. The van der Waals surface area contributed by atoms with Crippen molar-refractivity contribution in [3.63, 3.8) is 0 Å². The molecule has 11 heteroatoms. The summed E-state index contributed by atoms with van der Waals surface area (Å²) in [7, 11) is -2.15. The molecule has 29 heavy (non-hydrogen) atoms. The minimum absolute atomic E-state index is 0.00385. The van der Waals surface area contributed by atoms with Gasteiger partial charge in [-0.25, -0.2) is 8.42 Å². The summed E-state index contributed by atoms with van der Waals surface area (Å²) in [6.45, 7) is 3.05. The van der Waals surface area contributed by atoms with E-state index < -0.39 is 27.5 Å². The van der Waals surface area contributed by atoms with Gasteiger partial charge in [-0.1, -0.05) is 11.6 Å². The highest BCUT2D eigenvalue weighted by molar-refractivity contribution is 7.90. The largest absolute Gasteiger partial charge is 0.362 e. The first-order valence-corrected chi connectivity index (χ1v) is 11.2. The van der Waals surface area contributed by atoms with Gasteiger partial charge in [-0.15, -0.1) is 0 Å². The summed E-state index contributed by atoms with van der Waals surface area (Å²) in [6, 6.07) is 2.67. The molecule has 0 aliphatic carbocycles. The van der Waals surface area contributed by atoms with Crippen LogP contribution in [0.4, 0.5) is 5.69 Å². The van der Waals surface area contributed by atoms with Crippen LogP contribution in [0.2, 0.25) is 5.02 Å². The van der Waals surface area contributed by atoms with E-state index in [4.69, 9.17) is 21.1 Å². The zero-order valence-corrected chi connectivity index (χ0v) is 17.8. The predicted octanol–water partition coefficient (Wildman–Crippen LogP) is 1.29. The molecule has 3 rings (SSSR count). The van der Waals surface area contributed by atoms with Crippen LogP contribution in [0.1, 0.15) is 22.8 Å². The average Bonchev–Trinajstić information content (AvgIpc) is 3.07. The van der Waals surface area contributed by atoms with Crippen molar-refractivity contribution in [3.05, 3.63) is 44.8 Å². The number of ether oxygens (including phenoxy) is 2. The molecule has 2 heterocycles. The van der Waals surface area contributed by atoms with Gasteiger partial charge in [-0.05, 0) is 19.1 Å². The molecule has 1 aromatic carbocycles. The summed E-state index contributed by atoms with van der Waals surface area (Å²) in [5.74, 6) is -0.582. The number of carbonyl (C=O) groups excluding carboxylic acids is 1. The molecule has 1 aromatic heterocycles. The van der Waals surface area contributed by atoms with Crippen molar-refractivity contribution in [3.8, 4) is 0 Å². The Morgan fingerprint density at radius 2 is 2.10 bits per heavy atom. The third-order valence-electron chi connectivity index (χ3n) is 4.74. The van der Waals surface area contributed by atoms with E-state index in [-0.39, 0.29) is 33.3 Å². The Kier molecular flexibility index (Phi) is 6.18. The van der Waals surface area contributed by atoms with Gasteiger partial charge in [0.05, 0.1) is 28.8 Å². The van der Waals surface area contributed by atoms with Gasteiger partial charge < -0.3 is 19.5 Å². The van der Waals surface area contributed by atoms with Gasteiger partial charge in [0.1, 0.15) is 5.56 Å². The highest BCUT2D eigenvalue weighted by Crippen LogP contribution is 2.37. The maximum atomic E-state index is 13.0. The molecule has 1 aliphatic rings. The molecule has 0 saturated carbocycles. The molecule has 9 nitrogen and oxygen atoms in total. The fourth-order valence-corrected chi connectivity index (χ4v) is 4.55. The number of benzene rings is 1. The Labute approximate surface area is 173 Å². The van der Waals surface area contributed by atoms with Gasteiger partial charge in [0, 0.05) is 38.2 Å². The van der Waals surface area contributed by atoms with Crippen LogP contribution in [0.25, 0.3) is 0 Å². The Balaban J connectivity index is 2.14. The Hall–Kier alpha value is -2.14. The number of rotatable bonds is 6. The second-order valence-corrected chi connectivity index (χ2v) is 8.96. The number of morpholine rings is 1. The molecule has 1 N–H and O–H groups in total. The SMILES string of the molecule is CCn1[nH]cc(C(=O)c2ccc(S(C)(=O)=O)c(N3CCOC(OC)C3)c2Cl)c1=O. The number of aryl methyl sites for hydroxylation is 1. The number of halogens is 1. The molecule has 2 aromatic rings. The first-order valence-electron chi connectivity index (χ1n) is 8.93. The van der Waals surface area contributed by atoms with Crippen molar-refractivity contribution < 1.29 is 22.7 Å². The van der Waals surface area contributed by atoms with E-state index in [0.29, 0.717) is 19.7 Å². The molecular formula is C18H22ClN3O6S. The quantitative estimate of drug-likeness (QED) is 0.669. The van der Waals surface area contributed by atoms with E-state index in [9.17, 15) is 18.0 Å². The number of methoxy groups -OCH3 is 1. The molecule has 1 atom stereocenters. The molecule has 0 amide bonds. The molecule has 1 saturated heterocycles. The van der Waals surface area contributed by atoms with Gasteiger partial charge in [-0.3, -0.25) is 14.3 Å². The van der Waals surface area contributed by atoms with Gasteiger partial charge in [0.15, 0.2) is 16.1 Å². The number of hydrogen-bond donors (Lipinski definition) is 1. The summed E-state index contributed by atoms with van der Waals surface area (Å²) in [4.78, 5) is 27.1. The van der Waals surface area contributed by atoms with E-state index in [1.54, 1.807) is 11.8 Å². The summed E-state index contributed by atoms with van der Waals surface area (Å²) >= 11 is 6.55. The summed E-state index contributed by atoms with van der Waals surface area (Å²) in [6.07, 6.45) is 1.84. The van der Waals surface area contributed by atoms with Crippen LogP contribution < -0.4 is 10.5 Å². The van der Waals surface area contributed by atoms with Crippen molar-refractivity contribution in [1.82, 2.24) is 9.78 Å². The van der Waals surface area contributed by atoms with Gasteiger partial charge in [0.2, 0.25) is 5.78 Å². The van der Waals surface area contributed by atoms with Crippen LogP contribution in [-0.2, 0) is 25.9 Å². The lowest BCUT2D eigenvalue weighted by Crippen LogP contribution is -2.44. The maximum Gasteiger partial charge on any atom is 0.277 e. The van der Waals surface area contributed by atoms with Gasteiger partial charge in [0.25, 0.3) is 5.56 Å². The lowest BCUT2D eigenvalue weighted by atomic mass is 10.0. The molecule has 0 bridgehead atoms. The van der Waals surface area contributed by atoms with Gasteiger partial charge >= 0.3 is 0 Å². The van der Waals surface area contributed by atoms with Crippen LogP contribution in [0, 0.1) is 0 Å². The summed E-state index contributed by atoms with van der Waals surface area (Å²) in [5, 5.41) is 2.69. The number of nitrogens with zero attached hydrogens (tertiary/aromatic N) is 2. The molecule has 158 valence electrons. The molecule has 0 spiro atoms. The molecule has 1 unspecified atom stereocenters. The van der Waals surface area contributed by atoms with Crippen LogP contribution in [-0.4, -0.2) is 63.3 Å². The predicted molar refractivity (Wildman–Crippen MR) is 108 cm³/mol. The Bertz CT molecular complexity index is 1090. The standard InChI is InChI=1S/C18H22ClN3O6S/c1-4-22-18(24)12(9-20-22)17(23)11-5-6-13(29(3,25)26)16(15(11)19)21-7-8-28-14(10-21)27-2/h5-6,9,14,20H,4,7-8,10H2,1-3H3. The van der Waals surface area contributed by atoms with Gasteiger partial charge in [-0.2, -0.15) is 0 Å². The molecule has 1 aliphatic heterocycles. The third kappa shape index (κ3) is 4.11. The number of anilines is 1. The van der Waals surface area contributed by atoms with Crippen molar-refractivity contribution in [2.45, 2.75) is 24.7 Å². The molecule has 1 fully saturated rings. The normalized spacial score (nSPS) is 17.5. The lowest BCUT2D eigenvalue weighted by molar-refractivity contribution is -0.128. The number of sulfone groups is 1. The van der Waals surface area contributed by atoms with Crippen LogP contribution in [0.5, 0.6) is 0 Å². The van der Waals surface area contributed by atoms with Crippen molar-refractivity contribution in [2.24, 2.45) is 0 Å². The zero-order valence-electron chi connectivity index (χ0n) is 16.3. The number of aromatic nitrogens is 2. The highest BCUT2D eigenvalue weighted by Gasteiger charge is 2.30. The number of carbonyl (C=O) groups is 1. The van der Waals surface area contributed by atoms with E-state index >= 15 is 0 Å². The fourth-order valence-electron chi connectivity index (χ4n) is 3.23. The van der Waals surface area contributed by atoms with Crippen LogP contribution >= 0.6 is 11.6 Å². The van der Waals surface area contributed by atoms with E-state index in [1.807, 2.05) is 0 Å². The third-order valence-corrected chi connectivity index (χ3v) is 6.25. The summed E-state index contributed by atoms with van der Waals surface area (Å²) < 4.78 is 36.7. The first-order chi connectivity index (χ1) is 13.7. The Morgan fingerprint density at radius 3 is 2.69 bits per heavy atom. The van der Waals surface area contributed by atoms with E-state index in [2.05, 4.69) is 5.10 Å². The van der Waals surface area contributed by atoms with Crippen molar-refractivity contribution in [2.75, 3.05) is 38.0 Å². The number of ketones is 1. The minimum Gasteiger partial charge on any atom is -0.362 e. The topological polar surface area (TPSA) is 111 Å². The van der Waals surface area contributed by atoms with E-state index in [0.717, 1.165) is 6.26 Å². The second-order valence-electron chi connectivity index (χ2n) is 6.59. The number of hydrogen-bond acceptors (Lipinski definition) is 7. The van der Waals surface area contributed by atoms with Crippen molar-refractivity contribution in [1.29, 1.82) is 0 Å². The average molecular weight is 444 g/mol. The number of aromatic amines is 1. The first kappa shape index (κ1) is 21.6. The van der Waals surface area contributed by atoms with Crippen LogP contribution in [0.15, 0.2) is 28.0 Å². The number of nitrogens with one attached hydrogen (secondary N) is 1. The van der Waals surface area contributed by atoms with Crippen LogP contribution in [0.3, 0.4) is 0 Å².